The van der Waals surface area contributed by atoms with Gasteiger partial charge >= 0.3 is 12.1 Å². The first-order valence-electron chi connectivity index (χ1n) is 10.9. The molecule has 0 saturated carbocycles. The topological polar surface area (TPSA) is 124 Å². The van der Waals surface area contributed by atoms with Crippen molar-refractivity contribution in [1.82, 2.24) is 15.0 Å². The van der Waals surface area contributed by atoms with Gasteiger partial charge < -0.3 is 23.8 Å². The van der Waals surface area contributed by atoms with Gasteiger partial charge in [-0.3, -0.25) is 4.90 Å². The first-order valence-corrected chi connectivity index (χ1v) is 10.9. The zero-order chi connectivity index (χ0) is 24.6. The predicted molar refractivity (Wildman–Crippen MR) is 122 cm³/mol. The van der Waals surface area contributed by atoms with Gasteiger partial charge in [-0.15, -0.1) is 0 Å². The van der Waals surface area contributed by atoms with Gasteiger partial charge in [0.15, 0.2) is 5.75 Å². The molecule has 3 heterocycles. The second kappa shape index (κ2) is 8.85. The number of ether oxygens (including phenoxy) is 3. The summed E-state index contributed by atoms with van der Waals surface area (Å²) < 4.78 is 22.4. The molecule has 1 fully saturated rings. The largest absolute Gasteiger partial charge is 0.497 e. The molecule has 0 bridgehead atoms. The van der Waals surface area contributed by atoms with E-state index < -0.39 is 29.8 Å². The van der Waals surface area contributed by atoms with Gasteiger partial charge in [0.05, 0.1) is 19.3 Å². The molecular weight excluding hydrogens is 442 g/mol. The third-order valence-electron chi connectivity index (χ3n) is 5.39. The Balaban J connectivity index is 1.66. The number of nitrogens with zero attached hydrogens (tertiary/aromatic N) is 3. The number of likely N-dealkylation sites (tertiary alicyclic amines) is 1. The number of hydrogen-bond acceptors (Lipinski definition) is 8. The molecule has 2 aromatic heterocycles. The van der Waals surface area contributed by atoms with E-state index in [1.54, 1.807) is 40.9 Å². The highest BCUT2D eigenvalue weighted by Crippen LogP contribution is 2.35. The molecule has 1 unspecified atom stereocenters. The number of aromatic nitrogens is 2. The first kappa shape index (κ1) is 23.3. The van der Waals surface area contributed by atoms with E-state index in [-0.39, 0.29) is 13.0 Å². The second-order valence-electron chi connectivity index (χ2n) is 9.15. The Hall–Kier alpha value is -3.82. The number of aryl methyl sites for hydroxylation is 1. The maximum Gasteiger partial charge on any atom is 0.411 e. The average Bonchev–Trinajstić information content (AvgIpc) is 3.37. The number of carboxylic acids is 1. The fraction of sp³-hybridized carbons (Fsp3) is 0.417. The van der Waals surface area contributed by atoms with E-state index >= 15 is 0 Å². The molecule has 0 spiro atoms. The summed E-state index contributed by atoms with van der Waals surface area (Å²) in [4.78, 5) is 30.3. The molecule has 3 aromatic rings. The van der Waals surface area contributed by atoms with E-state index in [1.807, 2.05) is 24.3 Å². The van der Waals surface area contributed by atoms with Crippen LogP contribution in [0.2, 0.25) is 0 Å². The molecule has 0 aliphatic carbocycles. The number of fused-ring (bicyclic) bond motifs is 1. The lowest BCUT2D eigenvalue weighted by molar-refractivity contribution is -0.142. The molecule has 180 valence electrons. The van der Waals surface area contributed by atoms with Crippen LogP contribution in [-0.2, 0) is 9.53 Å². The smallest absolute Gasteiger partial charge is 0.411 e. The van der Waals surface area contributed by atoms with Gasteiger partial charge in [0.25, 0.3) is 0 Å². The van der Waals surface area contributed by atoms with Crippen LogP contribution >= 0.6 is 0 Å². The SMILES string of the molecule is COc1cccc(-c2cc(OC3C[C@@H](C(=O)O)N(C(=O)OC(C)(C)C)C3)c3onc(C)c3n2)c1. The number of carboxylic acid groups (broad SMARTS) is 1. The number of rotatable bonds is 5. The van der Waals surface area contributed by atoms with Crippen molar-refractivity contribution in [1.29, 1.82) is 0 Å². The lowest BCUT2D eigenvalue weighted by Crippen LogP contribution is -2.43. The highest BCUT2D eigenvalue weighted by atomic mass is 16.6. The normalized spacial score (nSPS) is 18.2. The summed E-state index contributed by atoms with van der Waals surface area (Å²) in [5, 5.41) is 13.7. The maximum atomic E-state index is 12.6. The minimum atomic E-state index is -1.12. The molecule has 10 heteroatoms. The van der Waals surface area contributed by atoms with Crippen LogP contribution in [0.1, 0.15) is 32.9 Å². The number of amides is 1. The van der Waals surface area contributed by atoms with Crippen molar-refractivity contribution in [3.8, 4) is 22.8 Å². The number of carbonyl (C=O) groups is 2. The molecule has 1 saturated heterocycles. The van der Waals surface area contributed by atoms with E-state index in [2.05, 4.69) is 10.1 Å². The molecule has 10 nitrogen and oxygen atoms in total. The summed E-state index contributed by atoms with van der Waals surface area (Å²) in [7, 11) is 1.59. The van der Waals surface area contributed by atoms with E-state index in [0.29, 0.717) is 34.0 Å². The van der Waals surface area contributed by atoms with Crippen LogP contribution < -0.4 is 9.47 Å². The van der Waals surface area contributed by atoms with Gasteiger partial charge in [0.2, 0.25) is 5.58 Å². The molecular formula is C24H27N3O7. The molecule has 34 heavy (non-hydrogen) atoms. The molecule has 0 radical (unpaired) electrons. The lowest BCUT2D eigenvalue weighted by Gasteiger charge is -2.26. The predicted octanol–water partition coefficient (Wildman–Crippen LogP) is 4.05. The van der Waals surface area contributed by atoms with Crippen molar-refractivity contribution in [2.75, 3.05) is 13.7 Å². The van der Waals surface area contributed by atoms with Crippen LogP contribution in [0.15, 0.2) is 34.9 Å². The monoisotopic (exact) mass is 469 g/mol. The van der Waals surface area contributed by atoms with E-state index in [9.17, 15) is 14.7 Å². The fourth-order valence-electron chi connectivity index (χ4n) is 3.84. The fourth-order valence-corrected chi connectivity index (χ4v) is 3.84. The van der Waals surface area contributed by atoms with Crippen LogP contribution in [0, 0.1) is 6.92 Å². The minimum Gasteiger partial charge on any atom is -0.497 e. The lowest BCUT2D eigenvalue weighted by atomic mass is 10.1. The van der Waals surface area contributed by atoms with E-state index in [4.69, 9.17) is 18.7 Å². The Bertz CT molecular complexity index is 1230. The highest BCUT2D eigenvalue weighted by molar-refractivity contribution is 5.85. The van der Waals surface area contributed by atoms with E-state index in [1.165, 1.54) is 4.90 Å². The number of pyridine rings is 1. The number of aliphatic carboxylic acids is 1. The first-order chi connectivity index (χ1) is 16.1. The molecule has 1 aliphatic heterocycles. The number of hydrogen-bond donors (Lipinski definition) is 1. The Morgan fingerprint density at radius 1 is 1.24 bits per heavy atom. The van der Waals surface area contributed by atoms with Crippen molar-refractivity contribution in [3.05, 3.63) is 36.0 Å². The Morgan fingerprint density at radius 3 is 2.68 bits per heavy atom. The van der Waals surface area contributed by atoms with Gasteiger partial charge in [-0.05, 0) is 39.8 Å². The minimum absolute atomic E-state index is 0.0529. The van der Waals surface area contributed by atoms with Gasteiger partial charge in [0, 0.05) is 18.1 Å². The van der Waals surface area contributed by atoms with Gasteiger partial charge in [-0.25, -0.2) is 14.6 Å². The summed E-state index contributed by atoms with van der Waals surface area (Å²) in [5.74, 6) is -0.0787. The Labute approximate surface area is 196 Å². The Morgan fingerprint density at radius 2 is 2.00 bits per heavy atom. The quantitative estimate of drug-likeness (QED) is 0.589. The van der Waals surface area contributed by atoms with E-state index in [0.717, 1.165) is 5.56 Å². The molecule has 1 N–H and O–H groups in total. The molecule has 1 amide bonds. The Kier molecular flexibility index (Phi) is 6.07. The standard InChI is InChI=1S/C24H27N3O7/c1-13-20-21(34-26-13)19(11-17(25-20)14-7-6-8-15(9-14)31-5)32-16-10-18(22(28)29)27(12-16)23(30)33-24(2,3)4/h6-9,11,16,18H,10,12H2,1-5H3,(H,28,29)/t16?,18-/m0/s1. The summed E-state index contributed by atoms with van der Waals surface area (Å²) >= 11 is 0. The third kappa shape index (κ3) is 4.75. The van der Waals surface area contributed by atoms with Gasteiger partial charge in [0.1, 0.15) is 34.7 Å². The molecule has 1 aliphatic rings. The average molecular weight is 469 g/mol. The summed E-state index contributed by atoms with van der Waals surface area (Å²) in [6.45, 7) is 7.01. The summed E-state index contributed by atoms with van der Waals surface area (Å²) in [6, 6.07) is 8.08. The van der Waals surface area contributed by atoms with Crippen molar-refractivity contribution >= 4 is 23.2 Å². The third-order valence-corrected chi connectivity index (χ3v) is 5.39. The van der Waals surface area contributed by atoms with Crippen LogP contribution in [0.4, 0.5) is 4.79 Å². The van der Waals surface area contributed by atoms with Crippen LogP contribution in [0.25, 0.3) is 22.4 Å². The van der Waals surface area contributed by atoms with Crippen molar-refractivity contribution < 1.29 is 33.4 Å². The summed E-state index contributed by atoms with van der Waals surface area (Å²) in [5.41, 5.74) is 2.15. The maximum absolute atomic E-state index is 12.6. The highest BCUT2D eigenvalue weighted by Gasteiger charge is 2.43. The zero-order valence-electron chi connectivity index (χ0n) is 19.7. The van der Waals surface area contributed by atoms with Crippen LogP contribution in [-0.4, -0.2) is 63.6 Å². The van der Waals surface area contributed by atoms with Crippen molar-refractivity contribution in [2.45, 2.75) is 51.9 Å². The number of methoxy groups -OCH3 is 1. The van der Waals surface area contributed by atoms with Gasteiger partial charge in [-0.2, -0.15) is 0 Å². The van der Waals surface area contributed by atoms with Crippen LogP contribution in [0.3, 0.4) is 0 Å². The van der Waals surface area contributed by atoms with Gasteiger partial charge in [-0.1, -0.05) is 17.3 Å². The number of carbonyl (C=O) groups excluding carboxylic acids is 1. The van der Waals surface area contributed by atoms with Crippen molar-refractivity contribution in [2.24, 2.45) is 0 Å². The second-order valence-corrected chi connectivity index (χ2v) is 9.15. The van der Waals surface area contributed by atoms with Crippen molar-refractivity contribution in [3.63, 3.8) is 0 Å². The molecule has 1 aromatic carbocycles. The molecule has 4 rings (SSSR count). The summed E-state index contributed by atoms with van der Waals surface area (Å²) in [6.07, 6.45) is -1.19. The van der Waals surface area contributed by atoms with Crippen LogP contribution in [0.5, 0.6) is 11.5 Å². The molecule has 2 atom stereocenters. The number of benzene rings is 1. The zero-order valence-corrected chi connectivity index (χ0v) is 19.7.